The van der Waals surface area contributed by atoms with E-state index in [2.05, 4.69) is 10.6 Å². The Morgan fingerprint density at radius 1 is 1.16 bits per heavy atom. The number of benzene rings is 1. The van der Waals surface area contributed by atoms with Crippen molar-refractivity contribution in [3.63, 3.8) is 0 Å². The van der Waals surface area contributed by atoms with Crippen molar-refractivity contribution >= 4 is 23.4 Å². The van der Waals surface area contributed by atoms with E-state index in [1.165, 1.54) is 12.3 Å². The molecule has 132 valence electrons. The highest BCUT2D eigenvalue weighted by molar-refractivity contribution is 6.32. The maximum absolute atomic E-state index is 11.9. The van der Waals surface area contributed by atoms with Gasteiger partial charge in [-0.05, 0) is 29.8 Å². The van der Waals surface area contributed by atoms with E-state index in [-0.39, 0.29) is 24.8 Å². The molecule has 2 amide bonds. The van der Waals surface area contributed by atoms with Crippen molar-refractivity contribution < 1.29 is 23.5 Å². The molecule has 0 spiro atoms. The van der Waals surface area contributed by atoms with E-state index < -0.39 is 5.91 Å². The zero-order chi connectivity index (χ0) is 17.6. The number of halogens is 1. The van der Waals surface area contributed by atoms with Crippen LogP contribution in [0.3, 0.4) is 0 Å². The maximum atomic E-state index is 11.9. The predicted molar refractivity (Wildman–Crippen MR) is 89.9 cm³/mol. The normalized spacial score (nSPS) is 13.0. The molecule has 0 aliphatic carbocycles. The molecular formula is C17H17ClN2O5. The molecule has 0 saturated heterocycles. The lowest BCUT2D eigenvalue weighted by Gasteiger charge is -2.12. The molecule has 0 atom stereocenters. The van der Waals surface area contributed by atoms with E-state index in [0.717, 1.165) is 12.0 Å². The Labute approximate surface area is 149 Å². The van der Waals surface area contributed by atoms with Gasteiger partial charge < -0.3 is 24.5 Å². The van der Waals surface area contributed by atoms with Gasteiger partial charge >= 0.3 is 0 Å². The second-order valence-corrected chi connectivity index (χ2v) is 5.80. The van der Waals surface area contributed by atoms with Crippen LogP contribution in [-0.4, -0.2) is 31.6 Å². The van der Waals surface area contributed by atoms with Crippen LogP contribution in [0, 0.1) is 0 Å². The highest BCUT2D eigenvalue weighted by Crippen LogP contribution is 2.37. The Morgan fingerprint density at radius 2 is 2.00 bits per heavy atom. The van der Waals surface area contributed by atoms with Crippen molar-refractivity contribution in [3.05, 3.63) is 46.9 Å². The number of carbonyl (C=O) groups excluding carboxylic acids is 2. The number of furan rings is 1. The standard InChI is InChI=1S/C17H17ClN2O5/c18-12-7-11(8-14-16(12)25-6-2-5-24-14)9-19-15(21)10-20-17(22)13-3-1-4-23-13/h1,3-4,7-8H,2,5-6,9-10H2,(H,19,21)(H,20,22). The minimum atomic E-state index is -0.446. The van der Waals surface area contributed by atoms with E-state index in [1.807, 2.05) is 0 Å². The van der Waals surface area contributed by atoms with Crippen LogP contribution in [0.2, 0.25) is 5.02 Å². The number of fused-ring (bicyclic) bond motifs is 1. The van der Waals surface area contributed by atoms with E-state index in [4.69, 9.17) is 25.5 Å². The maximum Gasteiger partial charge on any atom is 0.287 e. The molecule has 1 aliphatic heterocycles. The molecule has 7 nitrogen and oxygen atoms in total. The molecule has 0 unspecified atom stereocenters. The molecule has 0 saturated carbocycles. The molecule has 2 aromatic rings. The third kappa shape index (κ3) is 4.45. The lowest BCUT2D eigenvalue weighted by molar-refractivity contribution is -0.120. The van der Waals surface area contributed by atoms with Gasteiger partial charge in [-0.25, -0.2) is 0 Å². The van der Waals surface area contributed by atoms with Crippen molar-refractivity contribution in [2.24, 2.45) is 0 Å². The third-order valence-corrected chi connectivity index (χ3v) is 3.79. The van der Waals surface area contributed by atoms with Gasteiger partial charge in [-0.3, -0.25) is 9.59 Å². The molecule has 1 aromatic carbocycles. The van der Waals surface area contributed by atoms with Crippen molar-refractivity contribution in [2.45, 2.75) is 13.0 Å². The number of nitrogens with one attached hydrogen (secondary N) is 2. The van der Waals surface area contributed by atoms with Crippen LogP contribution in [0.1, 0.15) is 22.5 Å². The van der Waals surface area contributed by atoms with Gasteiger partial charge in [0.1, 0.15) is 0 Å². The molecule has 0 bridgehead atoms. The summed E-state index contributed by atoms with van der Waals surface area (Å²) in [4.78, 5) is 23.6. The minimum Gasteiger partial charge on any atom is -0.489 e. The highest BCUT2D eigenvalue weighted by Gasteiger charge is 2.16. The molecule has 25 heavy (non-hydrogen) atoms. The monoisotopic (exact) mass is 364 g/mol. The van der Waals surface area contributed by atoms with E-state index in [9.17, 15) is 9.59 Å². The third-order valence-electron chi connectivity index (χ3n) is 3.51. The van der Waals surface area contributed by atoms with Gasteiger partial charge in [0.25, 0.3) is 5.91 Å². The van der Waals surface area contributed by atoms with Gasteiger partial charge in [0.05, 0.1) is 31.0 Å². The van der Waals surface area contributed by atoms with Gasteiger partial charge in [0.2, 0.25) is 5.91 Å². The zero-order valence-electron chi connectivity index (χ0n) is 13.3. The van der Waals surface area contributed by atoms with Crippen molar-refractivity contribution in [1.29, 1.82) is 0 Å². The first kappa shape index (κ1) is 17.2. The highest BCUT2D eigenvalue weighted by atomic mass is 35.5. The fourth-order valence-electron chi connectivity index (χ4n) is 2.30. The zero-order valence-corrected chi connectivity index (χ0v) is 14.1. The molecule has 1 aliphatic rings. The predicted octanol–water partition coefficient (Wildman–Crippen LogP) is 2.14. The number of hydrogen-bond acceptors (Lipinski definition) is 5. The second kappa shape index (κ2) is 7.94. The lowest BCUT2D eigenvalue weighted by atomic mass is 10.2. The molecule has 2 N–H and O–H groups in total. The topological polar surface area (TPSA) is 89.8 Å². The summed E-state index contributed by atoms with van der Waals surface area (Å²) < 4.78 is 16.1. The minimum absolute atomic E-state index is 0.155. The molecule has 1 aromatic heterocycles. The molecular weight excluding hydrogens is 348 g/mol. The summed E-state index contributed by atoms with van der Waals surface area (Å²) in [5, 5.41) is 5.62. The summed E-state index contributed by atoms with van der Waals surface area (Å²) in [6.45, 7) is 1.21. The Kier molecular flexibility index (Phi) is 5.45. The smallest absolute Gasteiger partial charge is 0.287 e. The van der Waals surface area contributed by atoms with E-state index in [1.54, 1.807) is 18.2 Å². The van der Waals surface area contributed by atoms with Crippen molar-refractivity contribution in [1.82, 2.24) is 10.6 Å². The number of amides is 2. The van der Waals surface area contributed by atoms with Crippen molar-refractivity contribution in [3.8, 4) is 11.5 Å². The largest absolute Gasteiger partial charge is 0.489 e. The Balaban J connectivity index is 1.53. The molecule has 3 rings (SSSR count). The Bertz CT molecular complexity index is 761. The van der Waals surface area contributed by atoms with Gasteiger partial charge in [0, 0.05) is 13.0 Å². The number of ether oxygens (including phenoxy) is 2. The summed E-state index contributed by atoms with van der Waals surface area (Å²) in [6.07, 6.45) is 2.18. The average molecular weight is 365 g/mol. The Hall–Kier alpha value is -2.67. The fraction of sp³-hybridized carbons (Fsp3) is 0.294. The first-order valence-electron chi connectivity index (χ1n) is 7.80. The van der Waals surface area contributed by atoms with Crippen LogP contribution in [-0.2, 0) is 11.3 Å². The van der Waals surface area contributed by atoms with Crippen LogP contribution >= 0.6 is 11.6 Å². The van der Waals surface area contributed by atoms with Crippen molar-refractivity contribution in [2.75, 3.05) is 19.8 Å². The number of hydrogen-bond donors (Lipinski definition) is 2. The summed E-state index contributed by atoms with van der Waals surface area (Å²) in [5.74, 6) is 0.477. The average Bonchev–Trinajstić information content (AvgIpc) is 3.04. The van der Waals surface area contributed by atoms with Crippen LogP contribution in [0.15, 0.2) is 34.9 Å². The lowest BCUT2D eigenvalue weighted by Crippen LogP contribution is -2.36. The summed E-state index contributed by atoms with van der Waals surface area (Å²) in [6, 6.07) is 6.63. The number of rotatable bonds is 5. The SMILES string of the molecule is O=C(CNC(=O)c1ccco1)NCc1cc(Cl)c2c(c1)OCCCO2. The van der Waals surface area contributed by atoms with Crippen LogP contribution < -0.4 is 20.1 Å². The summed E-state index contributed by atoms with van der Waals surface area (Å²) >= 11 is 6.21. The number of carbonyl (C=O) groups is 2. The van der Waals surface area contributed by atoms with Crippen LogP contribution in [0.4, 0.5) is 0 Å². The van der Waals surface area contributed by atoms with Gasteiger partial charge in [-0.15, -0.1) is 0 Å². The first-order valence-corrected chi connectivity index (χ1v) is 8.17. The molecule has 8 heteroatoms. The fourth-order valence-corrected chi connectivity index (χ4v) is 2.59. The van der Waals surface area contributed by atoms with Crippen LogP contribution in [0.5, 0.6) is 11.5 Å². The summed E-state index contributed by atoms with van der Waals surface area (Å²) in [5.41, 5.74) is 0.778. The van der Waals surface area contributed by atoms with Gasteiger partial charge in [-0.2, -0.15) is 0 Å². The van der Waals surface area contributed by atoms with Gasteiger partial charge in [0.15, 0.2) is 17.3 Å². The van der Waals surface area contributed by atoms with E-state index >= 15 is 0 Å². The first-order chi connectivity index (χ1) is 12.1. The quantitative estimate of drug-likeness (QED) is 0.848. The van der Waals surface area contributed by atoms with Crippen LogP contribution in [0.25, 0.3) is 0 Å². The molecule has 0 fully saturated rings. The second-order valence-electron chi connectivity index (χ2n) is 5.39. The molecule has 2 heterocycles. The van der Waals surface area contributed by atoms with Gasteiger partial charge in [-0.1, -0.05) is 11.6 Å². The summed E-state index contributed by atoms with van der Waals surface area (Å²) in [7, 11) is 0. The molecule has 0 radical (unpaired) electrons. The van der Waals surface area contributed by atoms with E-state index in [0.29, 0.717) is 29.7 Å². The Morgan fingerprint density at radius 3 is 2.80 bits per heavy atom.